The van der Waals surface area contributed by atoms with Crippen molar-refractivity contribution < 1.29 is 24.2 Å². The van der Waals surface area contributed by atoms with E-state index in [1.807, 2.05) is 5.32 Å². The van der Waals surface area contributed by atoms with Gasteiger partial charge >= 0.3 is 5.97 Å². The third kappa shape index (κ3) is 3.41. The molecule has 0 aliphatic carbocycles. The fourth-order valence-electron chi connectivity index (χ4n) is 1.28. The van der Waals surface area contributed by atoms with Crippen LogP contribution in [-0.4, -0.2) is 34.2 Å². The Labute approximate surface area is 107 Å². The minimum Gasteiger partial charge on any atom is -0.480 e. The van der Waals surface area contributed by atoms with Crippen molar-refractivity contribution in [3.05, 3.63) is 34.6 Å². The Bertz CT molecular complexity index is 478. The lowest BCUT2D eigenvalue weighted by Crippen LogP contribution is -2.47. The smallest absolute Gasteiger partial charge is 0.328 e. The van der Waals surface area contributed by atoms with Gasteiger partial charge in [0.05, 0.1) is 11.7 Å². The first-order valence-electron chi connectivity index (χ1n) is 4.99. The number of carbonyl (C=O) groups is 2. The van der Waals surface area contributed by atoms with Crippen molar-refractivity contribution >= 4 is 23.5 Å². The van der Waals surface area contributed by atoms with Crippen molar-refractivity contribution in [3.63, 3.8) is 0 Å². The lowest BCUT2D eigenvalue weighted by Gasteiger charge is -2.17. The number of amides is 1. The van der Waals surface area contributed by atoms with Crippen LogP contribution in [0.4, 0.5) is 4.39 Å². The third-order valence-corrected chi connectivity index (χ3v) is 2.45. The Morgan fingerprint density at radius 2 is 2.06 bits per heavy atom. The molecule has 98 valence electrons. The second-order valence-corrected chi connectivity index (χ2v) is 4.09. The first-order valence-corrected chi connectivity index (χ1v) is 5.37. The van der Waals surface area contributed by atoms with E-state index in [1.54, 1.807) is 0 Å². The molecule has 0 spiro atoms. The summed E-state index contributed by atoms with van der Waals surface area (Å²) in [6, 6.07) is 1.87. The highest BCUT2D eigenvalue weighted by molar-refractivity contribution is 6.30. The van der Waals surface area contributed by atoms with Crippen molar-refractivity contribution in [1.29, 1.82) is 0 Å². The van der Waals surface area contributed by atoms with Crippen LogP contribution in [0.5, 0.6) is 0 Å². The summed E-state index contributed by atoms with van der Waals surface area (Å²) in [6.07, 6.45) is -1.30. The molecular formula is C11H11ClFNO4. The van der Waals surface area contributed by atoms with Crippen LogP contribution in [0.25, 0.3) is 0 Å². The summed E-state index contributed by atoms with van der Waals surface area (Å²) in [6.45, 7) is 1.21. The molecule has 0 heterocycles. The van der Waals surface area contributed by atoms with Gasteiger partial charge < -0.3 is 15.5 Å². The zero-order valence-corrected chi connectivity index (χ0v) is 10.1. The predicted octanol–water partition coefficient (Wildman–Crippen LogP) is 1.04. The molecule has 5 nitrogen and oxygen atoms in total. The van der Waals surface area contributed by atoms with Crippen molar-refractivity contribution in [1.82, 2.24) is 5.32 Å². The molecule has 0 aliphatic heterocycles. The number of halogens is 2. The molecule has 3 N–H and O–H groups in total. The van der Waals surface area contributed by atoms with Gasteiger partial charge in [-0.15, -0.1) is 0 Å². The van der Waals surface area contributed by atoms with Gasteiger partial charge in [0.1, 0.15) is 5.82 Å². The number of rotatable bonds is 4. The highest BCUT2D eigenvalue weighted by Gasteiger charge is 2.26. The van der Waals surface area contributed by atoms with Gasteiger partial charge in [0.2, 0.25) is 0 Å². The molecule has 0 aliphatic rings. The summed E-state index contributed by atoms with van der Waals surface area (Å²) in [4.78, 5) is 22.4. The molecule has 0 unspecified atom stereocenters. The van der Waals surface area contributed by atoms with Crippen LogP contribution in [0.1, 0.15) is 17.3 Å². The van der Waals surface area contributed by atoms with Crippen molar-refractivity contribution in [2.45, 2.75) is 19.1 Å². The van der Waals surface area contributed by atoms with Crippen LogP contribution in [0.15, 0.2) is 18.2 Å². The predicted molar refractivity (Wildman–Crippen MR) is 62.0 cm³/mol. The lowest BCUT2D eigenvalue weighted by atomic mass is 10.1. The van der Waals surface area contributed by atoms with E-state index in [1.165, 1.54) is 13.0 Å². The largest absolute Gasteiger partial charge is 0.480 e. The molecule has 0 bridgehead atoms. The molecule has 0 radical (unpaired) electrons. The number of carboxylic acid groups (broad SMARTS) is 1. The molecular weight excluding hydrogens is 265 g/mol. The quantitative estimate of drug-likeness (QED) is 0.766. The Kier molecular flexibility index (Phi) is 4.63. The first-order chi connectivity index (χ1) is 8.32. The third-order valence-electron chi connectivity index (χ3n) is 2.21. The van der Waals surface area contributed by atoms with Crippen LogP contribution in [0.3, 0.4) is 0 Å². The summed E-state index contributed by atoms with van der Waals surface area (Å²) < 4.78 is 13.4. The van der Waals surface area contributed by atoms with Gasteiger partial charge in [-0.1, -0.05) is 11.6 Å². The normalized spacial score (nSPS) is 13.8. The second kappa shape index (κ2) is 5.79. The number of aliphatic carboxylic acids is 1. The van der Waals surface area contributed by atoms with Crippen LogP contribution in [0, 0.1) is 5.82 Å². The molecule has 0 fully saturated rings. The van der Waals surface area contributed by atoms with Gasteiger partial charge in [0, 0.05) is 5.02 Å². The van der Waals surface area contributed by atoms with Crippen LogP contribution >= 0.6 is 11.6 Å². The fraction of sp³-hybridized carbons (Fsp3) is 0.273. The van der Waals surface area contributed by atoms with Crippen LogP contribution in [0.2, 0.25) is 5.02 Å². The number of benzene rings is 1. The van der Waals surface area contributed by atoms with Gasteiger partial charge in [-0.2, -0.15) is 0 Å². The number of aliphatic hydroxyl groups excluding tert-OH is 1. The van der Waals surface area contributed by atoms with Gasteiger partial charge in [0.25, 0.3) is 5.91 Å². The molecule has 1 aromatic rings. The highest BCUT2D eigenvalue weighted by atomic mass is 35.5. The van der Waals surface area contributed by atoms with E-state index in [2.05, 4.69) is 0 Å². The average Bonchev–Trinajstić information content (AvgIpc) is 2.24. The van der Waals surface area contributed by atoms with Crippen LogP contribution < -0.4 is 5.32 Å². The van der Waals surface area contributed by atoms with Gasteiger partial charge in [-0.3, -0.25) is 4.79 Å². The topological polar surface area (TPSA) is 86.6 Å². The molecule has 18 heavy (non-hydrogen) atoms. The average molecular weight is 276 g/mol. The maximum atomic E-state index is 13.4. The van der Waals surface area contributed by atoms with E-state index in [-0.39, 0.29) is 10.6 Å². The molecule has 1 amide bonds. The summed E-state index contributed by atoms with van der Waals surface area (Å²) in [5, 5.41) is 20.1. The van der Waals surface area contributed by atoms with Gasteiger partial charge in [-0.05, 0) is 25.1 Å². The van der Waals surface area contributed by atoms with E-state index >= 15 is 0 Å². The number of carboxylic acids is 1. The van der Waals surface area contributed by atoms with Crippen molar-refractivity contribution in [3.8, 4) is 0 Å². The summed E-state index contributed by atoms with van der Waals surface area (Å²) in [5.41, 5.74) is -0.341. The van der Waals surface area contributed by atoms with Gasteiger partial charge in [-0.25, -0.2) is 9.18 Å². The molecule has 0 saturated carbocycles. The minimum absolute atomic E-state index is 0.120. The molecule has 2 atom stereocenters. The Morgan fingerprint density at radius 1 is 1.44 bits per heavy atom. The standard InChI is InChI=1S/C11H11ClFNO4/c1-5(15)9(11(17)18)14-10(16)7-3-2-6(12)4-8(7)13/h2-5,9,15H,1H3,(H,14,16)(H,17,18)/t5-,9+/m1/s1. The zero-order valence-electron chi connectivity index (χ0n) is 9.35. The first kappa shape index (κ1) is 14.4. The van der Waals surface area contributed by atoms with Gasteiger partial charge in [0.15, 0.2) is 6.04 Å². The monoisotopic (exact) mass is 275 g/mol. The lowest BCUT2D eigenvalue weighted by molar-refractivity contribution is -0.141. The van der Waals surface area contributed by atoms with E-state index < -0.39 is 29.8 Å². The van der Waals surface area contributed by atoms with E-state index in [4.69, 9.17) is 16.7 Å². The summed E-state index contributed by atoms with van der Waals surface area (Å²) in [5.74, 6) is -3.21. The molecule has 0 aromatic heterocycles. The van der Waals surface area contributed by atoms with E-state index in [9.17, 15) is 19.1 Å². The SMILES string of the molecule is C[C@@H](O)[C@H](NC(=O)c1ccc(Cl)cc1F)C(=O)O. The number of carbonyl (C=O) groups excluding carboxylic acids is 1. The summed E-state index contributed by atoms with van der Waals surface area (Å²) in [7, 11) is 0. The van der Waals surface area contributed by atoms with E-state index in [0.29, 0.717) is 0 Å². The Hall–Kier alpha value is -1.66. The van der Waals surface area contributed by atoms with E-state index in [0.717, 1.165) is 12.1 Å². The van der Waals surface area contributed by atoms with Crippen molar-refractivity contribution in [2.24, 2.45) is 0 Å². The Balaban J connectivity index is 2.91. The number of aliphatic hydroxyl groups is 1. The minimum atomic E-state index is -1.51. The molecule has 1 rings (SSSR count). The maximum absolute atomic E-state index is 13.4. The van der Waals surface area contributed by atoms with Crippen LogP contribution in [-0.2, 0) is 4.79 Å². The number of nitrogens with one attached hydrogen (secondary N) is 1. The zero-order chi connectivity index (χ0) is 13.9. The number of hydrogen-bond acceptors (Lipinski definition) is 3. The second-order valence-electron chi connectivity index (χ2n) is 3.65. The fourth-order valence-corrected chi connectivity index (χ4v) is 1.44. The maximum Gasteiger partial charge on any atom is 0.328 e. The van der Waals surface area contributed by atoms with Crippen molar-refractivity contribution in [2.75, 3.05) is 0 Å². The Morgan fingerprint density at radius 3 is 2.50 bits per heavy atom. The number of hydrogen-bond donors (Lipinski definition) is 3. The highest BCUT2D eigenvalue weighted by Crippen LogP contribution is 2.14. The molecule has 1 aromatic carbocycles. The molecule has 0 saturated heterocycles. The molecule has 7 heteroatoms. The summed E-state index contributed by atoms with van der Waals surface area (Å²) >= 11 is 5.52.